The van der Waals surface area contributed by atoms with Gasteiger partial charge in [-0.1, -0.05) is 35.4 Å². The molecule has 0 aliphatic carbocycles. The molecule has 0 aliphatic heterocycles. The Morgan fingerprint density at radius 1 is 0.824 bits per heavy atom. The fourth-order valence-corrected chi connectivity index (χ4v) is 3.06. The van der Waals surface area contributed by atoms with Gasteiger partial charge in [-0.3, -0.25) is 9.78 Å². The third kappa shape index (κ3) is 6.26. The number of nitrogens with one attached hydrogen (secondary N) is 1. The Labute approximate surface area is 195 Å². The van der Waals surface area contributed by atoms with Gasteiger partial charge in [0.25, 0.3) is 5.91 Å². The van der Waals surface area contributed by atoms with Crippen molar-refractivity contribution in [1.29, 1.82) is 0 Å². The van der Waals surface area contributed by atoms with Crippen LogP contribution < -0.4 is 5.32 Å². The van der Waals surface area contributed by atoms with Crippen LogP contribution in [0.2, 0.25) is 0 Å². The predicted octanol–water partition coefficient (Wildman–Crippen LogP) is 3.17. The molecule has 3 rings (SSSR count). The third-order valence-electron chi connectivity index (χ3n) is 4.68. The smallest absolute Gasteiger partial charge is 0.349 e. The number of esters is 2. The van der Waals surface area contributed by atoms with Crippen LogP contribution in [0.25, 0.3) is 0 Å². The van der Waals surface area contributed by atoms with E-state index >= 15 is 0 Å². The second kappa shape index (κ2) is 10.9. The number of nitrogens with zero attached hydrogens (tertiary/aromatic N) is 1. The number of aromatic nitrogens is 1. The number of pyridine rings is 1. The van der Waals surface area contributed by atoms with Crippen LogP contribution in [0.5, 0.6) is 0 Å². The first-order chi connectivity index (χ1) is 16.2. The number of anilines is 1. The van der Waals surface area contributed by atoms with Gasteiger partial charge in [-0.25, -0.2) is 14.4 Å². The maximum atomic E-state index is 13.0. The molecule has 2 aromatic carbocycles. The highest BCUT2D eigenvalue weighted by atomic mass is 16.6. The monoisotopic (exact) mass is 462 g/mol. The lowest BCUT2D eigenvalue weighted by molar-refractivity contribution is -0.157. The number of amides is 1. The first kappa shape index (κ1) is 24.1. The highest BCUT2D eigenvalue weighted by Crippen LogP contribution is 2.16. The van der Waals surface area contributed by atoms with Crippen molar-refractivity contribution in [2.45, 2.75) is 26.1 Å². The van der Waals surface area contributed by atoms with Gasteiger partial charge in [-0.05, 0) is 50.2 Å². The molecule has 2 atom stereocenters. The number of hydrogen-bond acceptors (Lipinski definition) is 7. The predicted molar refractivity (Wildman–Crippen MR) is 121 cm³/mol. The normalized spacial score (nSPS) is 12.2. The quantitative estimate of drug-likeness (QED) is 0.488. The summed E-state index contributed by atoms with van der Waals surface area (Å²) >= 11 is 0. The molecule has 174 valence electrons. The standard InChI is InChI=1S/C25H22N2O7/c1-15-6-3-8-17(12-15)24(31)33-20(22(28)27-19-10-5-11-26-14-19)21(23(29)30)34-25(32)18-9-4-7-16(2)13-18/h3-14,20-21H,1-2H3,(H,27,28)(H,29,30)/t20-,21+/m1/s1. The lowest BCUT2D eigenvalue weighted by atomic mass is 10.1. The molecule has 0 aliphatic rings. The Morgan fingerprint density at radius 3 is 1.85 bits per heavy atom. The molecule has 0 fully saturated rings. The Balaban J connectivity index is 1.91. The lowest BCUT2D eigenvalue weighted by Gasteiger charge is -2.23. The van der Waals surface area contributed by atoms with E-state index in [9.17, 15) is 24.3 Å². The minimum absolute atomic E-state index is 0.0858. The number of rotatable bonds is 8. The summed E-state index contributed by atoms with van der Waals surface area (Å²) in [6.07, 6.45) is -1.29. The molecule has 34 heavy (non-hydrogen) atoms. The first-order valence-electron chi connectivity index (χ1n) is 10.2. The summed E-state index contributed by atoms with van der Waals surface area (Å²) in [6.45, 7) is 3.51. The Hall–Kier alpha value is -4.53. The number of carbonyl (C=O) groups excluding carboxylic acids is 3. The summed E-state index contributed by atoms with van der Waals surface area (Å²) in [5.74, 6) is -4.60. The average Bonchev–Trinajstić information content (AvgIpc) is 2.81. The van der Waals surface area contributed by atoms with E-state index in [-0.39, 0.29) is 16.8 Å². The molecule has 0 saturated carbocycles. The van der Waals surface area contributed by atoms with E-state index in [0.717, 1.165) is 11.1 Å². The number of carboxylic acid groups (broad SMARTS) is 1. The molecule has 1 heterocycles. The molecule has 9 heteroatoms. The van der Waals surface area contributed by atoms with Crippen molar-refractivity contribution < 1.29 is 33.8 Å². The lowest BCUT2D eigenvalue weighted by Crippen LogP contribution is -2.48. The zero-order chi connectivity index (χ0) is 24.7. The summed E-state index contributed by atoms with van der Waals surface area (Å²) in [7, 11) is 0. The van der Waals surface area contributed by atoms with E-state index < -0.39 is 36.0 Å². The number of aryl methyl sites for hydroxylation is 2. The maximum absolute atomic E-state index is 13.0. The molecule has 1 aromatic heterocycles. The number of hydrogen-bond donors (Lipinski definition) is 2. The summed E-state index contributed by atoms with van der Waals surface area (Å²) in [5, 5.41) is 12.2. The van der Waals surface area contributed by atoms with Gasteiger partial charge < -0.3 is 19.9 Å². The van der Waals surface area contributed by atoms with E-state index in [0.29, 0.717) is 0 Å². The van der Waals surface area contributed by atoms with Crippen molar-refractivity contribution in [2.75, 3.05) is 5.32 Å². The van der Waals surface area contributed by atoms with Crippen LogP contribution in [0.3, 0.4) is 0 Å². The molecule has 0 radical (unpaired) electrons. The number of carbonyl (C=O) groups is 4. The van der Waals surface area contributed by atoms with E-state index in [1.54, 1.807) is 44.2 Å². The second-order valence-electron chi connectivity index (χ2n) is 7.46. The van der Waals surface area contributed by atoms with Crippen molar-refractivity contribution in [3.8, 4) is 0 Å². The third-order valence-corrected chi connectivity index (χ3v) is 4.68. The van der Waals surface area contributed by atoms with E-state index in [1.165, 1.54) is 42.7 Å². The zero-order valence-corrected chi connectivity index (χ0v) is 18.4. The molecule has 0 saturated heterocycles. The van der Waals surface area contributed by atoms with Crippen molar-refractivity contribution >= 4 is 29.5 Å². The van der Waals surface area contributed by atoms with Gasteiger partial charge in [0.15, 0.2) is 0 Å². The van der Waals surface area contributed by atoms with E-state index in [4.69, 9.17) is 9.47 Å². The second-order valence-corrected chi connectivity index (χ2v) is 7.46. The number of benzene rings is 2. The molecule has 1 amide bonds. The van der Waals surface area contributed by atoms with E-state index in [1.807, 2.05) is 0 Å². The Bertz CT molecular complexity index is 1210. The largest absolute Gasteiger partial charge is 0.478 e. The van der Waals surface area contributed by atoms with Gasteiger partial charge in [-0.2, -0.15) is 0 Å². The van der Waals surface area contributed by atoms with Gasteiger partial charge >= 0.3 is 17.9 Å². The highest BCUT2D eigenvalue weighted by Gasteiger charge is 2.41. The molecular formula is C25H22N2O7. The van der Waals surface area contributed by atoms with Crippen LogP contribution in [-0.4, -0.2) is 46.1 Å². The van der Waals surface area contributed by atoms with Gasteiger partial charge in [0, 0.05) is 6.20 Å². The zero-order valence-electron chi connectivity index (χ0n) is 18.4. The van der Waals surface area contributed by atoms with Crippen molar-refractivity contribution in [2.24, 2.45) is 0 Å². The fourth-order valence-electron chi connectivity index (χ4n) is 3.06. The molecular weight excluding hydrogens is 440 g/mol. The number of aliphatic carboxylic acids is 1. The van der Waals surface area contributed by atoms with Crippen LogP contribution in [0, 0.1) is 13.8 Å². The minimum Gasteiger partial charge on any atom is -0.478 e. The molecule has 0 bridgehead atoms. The van der Waals surface area contributed by atoms with Gasteiger partial charge in [0.05, 0.1) is 23.0 Å². The van der Waals surface area contributed by atoms with Crippen LogP contribution >= 0.6 is 0 Å². The van der Waals surface area contributed by atoms with Crippen LogP contribution in [0.15, 0.2) is 73.1 Å². The fraction of sp³-hybridized carbons (Fsp3) is 0.160. The van der Waals surface area contributed by atoms with Crippen molar-refractivity contribution in [3.63, 3.8) is 0 Å². The first-order valence-corrected chi connectivity index (χ1v) is 10.2. The van der Waals surface area contributed by atoms with Crippen LogP contribution in [0.1, 0.15) is 31.8 Å². The summed E-state index contributed by atoms with van der Waals surface area (Å²) in [6, 6.07) is 15.7. The molecule has 3 aromatic rings. The Morgan fingerprint density at radius 2 is 1.38 bits per heavy atom. The molecule has 9 nitrogen and oxygen atoms in total. The van der Waals surface area contributed by atoms with E-state index in [2.05, 4.69) is 10.3 Å². The summed E-state index contributed by atoms with van der Waals surface area (Å²) in [5.41, 5.74) is 1.93. The summed E-state index contributed by atoms with van der Waals surface area (Å²) in [4.78, 5) is 54.3. The summed E-state index contributed by atoms with van der Waals surface area (Å²) < 4.78 is 10.4. The van der Waals surface area contributed by atoms with Crippen LogP contribution in [-0.2, 0) is 19.1 Å². The number of ether oxygens (including phenoxy) is 2. The average molecular weight is 462 g/mol. The van der Waals surface area contributed by atoms with Crippen LogP contribution in [0.4, 0.5) is 5.69 Å². The maximum Gasteiger partial charge on any atom is 0.349 e. The molecule has 2 N–H and O–H groups in total. The topological polar surface area (TPSA) is 132 Å². The minimum atomic E-state index is -2.11. The highest BCUT2D eigenvalue weighted by molar-refractivity contribution is 6.01. The molecule has 0 spiro atoms. The molecule has 0 unspecified atom stereocenters. The van der Waals surface area contributed by atoms with Gasteiger partial charge in [0.1, 0.15) is 0 Å². The Kier molecular flexibility index (Phi) is 7.71. The van der Waals surface area contributed by atoms with Gasteiger partial charge in [-0.15, -0.1) is 0 Å². The SMILES string of the molecule is Cc1cccc(C(=O)O[C@H](C(=O)O)[C@@H](OC(=O)c2cccc(C)c2)C(=O)Nc2cccnc2)c1. The van der Waals surface area contributed by atoms with Gasteiger partial charge in [0.2, 0.25) is 12.2 Å². The van der Waals surface area contributed by atoms with Crippen molar-refractivity contribution in [3.05, 3.63) is 95.3 Å². The van der Waals surface area contributed by atoms with Crippen molar-refractivity contribution in [1.82, 2.24) is 4.98 Å². The number of carboxylic acids is 1.